The molecule has 2 aromatic rings. The second kappa shape index (κ2) is 8.11. The van der Waals surface area contributed by atoms with Gasteiger partial charge in [0, 0.05) is 11.4 Å². The average molecular weight is 327 g/mol. The van der Waals surface area contributed by atoms with Crippen LogP contribution in [0.3, 0.4) is 0 Å². The van der Waals surface area contributed by atoms with E-state index in [2.05, 4.69) is 74.7 Å². The van der Waals surface area contributed by atoms with Crippen LogP contribution < -0.4 is 10.6 Å². The third-order valence-corrected chi connectivity index (χ3v) is 4.15. The Balaban J connectivity index is 2.00. The van der Waals surface area contributed by atoms with Crippen molar-refractivity contribution >= 4 is 28.7 Å². The van der Waals surface area contributed by atoms with E-state index in [1.54, 1.807) is 0 Å². The molecule has 0 aliphatic heterocycles. The molecule has 0 aromatic heterocycles. The fourth-order valence-electron chi connectivity index (χ4n) is 2.79. The first-order valence-electron chi connectivity index (χ1n) is 8.24. The van der Waals surface area contributed by atoms with E-state index in [-0.39, 0.29) is 0 Å². The topological polar surface area (TPSA) is 24.1 Å². The normalized spacial score (nSPS) is 10.4. The predicted molar refractivity (Wildman–Crippen MR) is 106 cm³/mol. The van der Waals surface area contributed by atoms with Crippen LogP contribution in [0, 0.1) is 20.8 Å². The van der Waals surface area contributed by atoms with Crippen molar-refractivity contribution in [3.63, 3.8) is 0 Å². The van der Waals surface area contributed by atoms with Crippen LogP contribution in [-0.2, 0) is 6.42 Å². The minimum absolute atomic E-state index is 0.626. The molecule has 2 rings (SSSR count). The first-order valence-corrected chi connectivity index (χ1v) is 8.65. The molecule has 0 spiro atoms. The van der Waals surface area contributed by atoms with Gasteiger partial charge in [0.2, 0.25) is 0 Å². The average Bonchev–Trinajstić information content (AvgIpc) is 2.50. The third kappa shape index (κ3) is 5.07. The molecular weight excluding hydrogens is 300 g/mol. The van der Waals surface area contributed by atoms with Gasteiger partial charge in [-0.15, -0.1) is 0 Å². The quantitative estimate of drug-likeness (QED) is 0.683. The van der Waals surface area contributed by atoms with Crippen LogP contribution in [-0.4, -0.2) is 5.11 Å². The van der Waals surface area contributed by atoms with Crippen molar-refractivity contribution in [3.8, 4) is 0 Å². The molecule has 0 bridgehead atoms. The van der Waals surface area contributed by atoms with Gasteiger partial charge in [-0.1, -0.05) is 43.2 Å². The van der Waals surface area contributed by atoms with E-state index in [0.29, 0.717) is 5.11 Å². The Morgan fingerprint density at radius 3 is 2.13 bits per heavy atom. The highest BCUT2D eigenvalue weighted by Gasteiger charge is 2.06. The van der Waals surface area contributed by atoms with Crippen molar-refractivity contribution in [3.05, 3.63) is 58.7 Å². The molecule has 0 amide bonds. The summed E-state index contributed by atoms with van der Waals surface area (Å²) in [6.07, 6.45) is 3.60. The van der Waals surface area contributed by atoms with E-state index in [1.807, 2.05) is 0 Å². The minimum Gasteiger partial charge on any atom is -0.332 e. The van der Waals surface area contributed by atoms with Crippen LogP contribution in [0.15, 0.2) is 36.4 Å². The van der Waals surface area contributed by atoms with E-state index < -0.39 is 0 Å². The number of rotatable bonds is 5. The first-order chi connectivity index (χ1) is 11.0. The van der Waals surface area contributed by atoms with E-state index >= 15 is 0 Å². The number of hydrogen-bond acceptors (Lipinski definition) is 1. The van der Waals surface area contributed by atoms with Crippen LogP contribution in [0.5, 0.6) is 0 Å². The van der Waals surface area contributed by atoms with Crippen molar-refractivity contribution in [2.24, 2.45) is 0 Å². The summed E-state index contributed by atoms with van der Waals surface area (Å²) in [5.41, 5.74) is 7.18. The summed E-state index contributed by atoms with van der Waals surface area (Å²) in [6, 6.07) is 12.9. The van der Waals surface area contributed by atoms with E-state index in [1.165, 1.54) is 35.1 Å². The lowest BCUT2D eigenvalue weighted by atomic mass is 10.1. The van der Waals surface area contributed by atoms with E-state index in [0.717, 1.165) is 17.8 Å². The molecule has 23 heavy (non-hydrogen) atoms. The SMILES string of the molecule is CCCCc1ccc(NC(=S)Nc2c(C)cc(C)cc2C)cc1. The zero-order chi connectivity index (χ0) is 16.8. The molecule has 0 saturated carbocycles. The third-order valence-electron chi connectivity index (χ3n) is 3.95. The van der Waals surface area contributed by atoms with Crippen molar-refractivity contribution in [2.45, 2.75) is 47.0 Å². The van der Waals surface area contributed by atoms with Gasteiger partial charge in [0.15, 0.2) is 5.11 Å². The molecule has 0 fully saturated rings. The molecule has 0 aliphatic carbocycles. The summed E-state index contributed by atoms with van der Waals surface area (Å²) in [4.78, 5) is 0. The highest BCUT2D eigenvalue weighted by molar-refractivity contribution is 7.80. The fourth-order valence-corrected chi connectivity index (χ4v) is 3.01. The summed E-state index contributed by atoms with van der Waals surface area (Å²) < 4.78 is 0. The highest BCUT2D eigenvalue weighted by Crippen LogP contribution is 2.22. The second-order valence-electron chi connectivity index (χ2n) is 6.15. The molecule has 0 saturated heterocycles. The van der Waals surface area contributed by atoms with Crippen LogP contribution >= 0.6 is 12.2 Å². The van der Waals surface area contributed by atoms with Crippen molar-refractivity contribution in [2.75, 3.05) is 10.6 Å². The van der Waals surface area contributed by atoms with E-state index in [4.69, 9.17) is 12.2 Å². The Labute approximate surface area is 145 Å². The van der Waals surface area contributed by atoms with Crippen LogP contribution in [0.2, 0.25) is 0 Å². The molecule has 122 valence electrons. The maximum Gasteiger partial charge on any atom is 0.175 e. The zero-order valence-electron chi connectivity index (χ0n) is 14.5. The van der Waals surface area contributed by atoms with Gasteiger partial charge in [-0.3, -0.25) is 0 Å². The van der Waals surface area contributed by atoms with Gasteiger partial charge in [-0.25, -0.2) is 0 Å². The molecule has 0 aliphatic rings. The number of unbranched alkanes of at least 4 members (excludes halogenated alkanes) is 1. The van der Waals surface area contributed by atoms with Gasteiger partial charge in [-0.05, 0) is 74.7 Å². The summed E-state index contributed by atoms with van der Waals surface area (Å²) in [5.74, 6) is 0. The molecule has 3 heteroatoms. The number of anilines is 2. The number of benzene rings is 2. The largest absolute Gasteiger partial charge is 0.332 e. The van der Waals surface area contributed by atoms with Crippen LogP contribution in [0.25, 0.3) is 0 Å². The number of thiocarbonyl (C=S) groups is 1. The summed E-state index contributed by atoms with van der Waals surface area (Å²) in [6.45, 7) is 8.54. The molecule has 2 nitrogen and oxygen atoms in total. The summed E-state index contributed by atoms with van der Waals surface area (Å²) >= 11 is 5.45. The smallest absolute Gasteiger partial charge is 0.175 e. The van der Waals surface area contributed by atoms with Crippen LogP contribution in [0.4, 0.5) is 11.4 Å². The van der Waals surface area contributed by atoms with Gasteiger partial charge in [0.05, 0.1) is 0 Å². The Kier molecular flexibility index (Phi) is 6.17. The lowest BCUT2D eigenvalue weighted by Gasteiger charge is -2.16. The van der Waals surface area contributed by atoms with Crippen molar-refractivity contribution in [1.29, 1.82) is 0 Å². The Morgan fingerprint density at radius 2 is 1.57 bits per heavy atom. The molecule has 0 unspecified atom stereocenters. The van der Waals surface area contributed by atoms with Crippen molar-refractivity contribution < 1.29 is 0 Å². The first kappa shape index (κ1) is 17.5. The Bertz CT molecular complexity index is 652. The predicted octanol–water partition coefficient (Wildman–Crippen LogP) is 5.76. The van der Waals surface area contributed by atoms with Gasteiger partial charge in [0.1, 0.15) is 0 Å². The number of hydrogen-bond donors (Lipinski definition) is 2. The van der Waals surface area contributed by atoms with Gasteiger partial charge in [0.25, 0.3) is 0 Å². The van der Waals surface area contributed by atoms with Gasteiger partial charge < -0.3 is 10.6 Å². The number of aryl methyl sites for hydroxylation is 4. The molecule has 0 radical (unpaired) electrons. The lowest BCUT2D eigenvalue weighted by molar-refractivity contribution is 0.795. The fraction of sp³-hybridized carbons (Fsp3) is 0.350. The number of nitrogens with one attached hydrogen (secondary N) is 2. The van der Waals surface area contributed by atoms with E-state index in [9.17, 15) is 0 Å². The second-order valence-corrected chi connectivity index (χ2v) is 6.56. The molecule has 0 heterocycles. The summed E-state index contributed by atoms with van der Waals surface area (Å²) in [7, 11) is 0. The van der Waals surface area contributed by atoms with Gasteiger partial charge in [-0.2, -0.15) is 0 Å². The highest BCUT2D eigenvalue weighted by atomic mass is 32.1. The maximum absolute atomic E-state index is 5.45. The Hall–Kier alpha value is -1.87. The lowest BCUT2D eigenvalue weighted by Crippen LogP contribution is -2.20. The molecule has 0 atom stereocenters. The standard InChI is InChI=1S/C20H26N2S/c1-5-6-7-17-8-10-18(11-9-17)21-20(23)22-19-15(3)12-14(2)13-16(19)4/h8-13H,5-7H2,1-4H3,(H2,21,22,23). The van der Waals surface area contributed by atoms with Crippen molar-refractivity contribution in [1.82, 2.24) is 0 Å². The van der Waals surface area contributed by atoms with Crippen LogP contribution in [0.1, 0.15) is 42.0 Å². The molecule has 2 aromatic carbocycles. The minimum atomic E-state index is 0.626. The molecular formula is C20H26N2S. The van der Waals surface area contributed by atoms with Gasteiger partial charge >= 0.3 is 0 Å². The maximum atomic E-state index is 5.45. The monoisotopic (exact) mass is 326 g/mol. The summed E-state index contributed by atoms with van der Waals surface area (Å²) in [5, 5.41) is 7.21. The zero-order valence-corrected chi connectivity index (χ0v) is 15.3. The Morgan fingerprint density at radius 1 is 0.957 bits per heavy atom. The molecule has 2 N–H and O–H groups in total.